The molecule has 2 aromatic carbocycles. The Labute approximate surface area is 138 Å². The average molecular weight is 325 g/mol. The van der Waals surface area contributed by atoms with Gasteiger partial charge in [0.05, 0.1) is 6.21 Å². The van der Waals surface area contributed by atoms with E-state index < -0.39 is 5.91 Å². The molecule has 0 atom stereocenters. The Balaban J connectivity index is 1.58. The van der Waals surface area contributed by atoms with Crippen LogP contribution in [-0.2, 0) is 4.79 Å². The van der Waals surface area contributed by atoms with Gasteiger partial charge >= 0.3 is 0 Å². The molecule has 3 aromatic rings. The second-order valence-electron chi connectivity index (χ2n) is 5.25. The van der Waals surface area contributed by atoms with Crippen molar-refractivity contribution in [2.75, 3.05) is 6.61 Å². The van der Waals surface area contributed by atoms with E-state index in [1.54, 1.807) is 6.21 Å². The van der Waals surface area contributed by atoms with Crippen LogP contribution in [0.25, 0.3) is 10.9 Å². The van der Waals surface area contributed by atoms with Crippen molar-refractivity contribution in [3.63, 3.8) is 0 Å². The van der Waals surface area contributed by atoms with Crippen molar-refractivity contribution in [3.05, 3.63) is 65.6 Å². The quantitative estimate of drug-likeness (QED) is 0.559. The predicted molar refractivity (Wildman–Crippen MR) is 90.7 cm³/mol. The number of H-pyrrole nitrogens is 1. The lowest BCUT2D eigenvalue weighted by Gasteiger charge is -2.04. The minimum Gasteiger partial charge on any atom is -0.484 e. The lowest BCUT2D eigenvalue weighted by molar-refractivity contribution is -0.123. The van der Waals surface area contributed by atoms with Crippen molar-refractivity contribution >= 4 is 23.0 Å². The van der Waals surface area contributed by atoms with Gasteiger partial charge in [0.15, 0.2) is 6.61 Å². The van der Waals surface area contributed by atoms with E-state index in [1.165, 1.54) is 24.3 Å². The molecule has 0 aliphatic rings. The maximum Gasteiger partial charge on any atom is 0.277 e. The summed E-state index contributed by atoms with van der Waals surface area (Å²) >= 11 is 0. The Bertz CT molecular complexity index is 885. The minimum absolute atomic E-state index is 0.199. The first-order valence-corrected chi connectivity index (χ1v) is 7.41. The normalized spacial score (nSPS) is 11.1. The van der Waals surface area contributed by atoms with Crippen LogP contribution in [-0.4, -0.2) is 23.7 Å². The number of aryl methyl sites for hydroxylation is 1. The highest BCUT2D eigenvalue weighted by Crippen LogP contribution is 2.19. The highest BCUT2D eigenvalue weighted by molar-refractivity contribution is 6.00. The van der Waals surface area contributed by atoms with Crippen molar-refractivity contribution < 1.29 is 13.9 Å². The Morgan fingerprint density at radius 1 is 1.25 bits per heavy atom. The van der Waals surface area contributed by atoms with E-state index in [4.69, 9.17) is 4.74 Å². The second kappa shape index (κ2) is 6.95. The fourth-order valence-corrected chi connectivity index (χ4v) is 2.35. The van der Waals surface area contributed by atoms with Crippen LogP contribution in [0.4, 0.5) is 4.39 Å². The van der Waals surface area contributed by atoms with Crippen molar-refractivity contribution in [2.45, 2.75) is 6.92 Å². The first-order valence-electron chi connectivity index (χ1n) is 7.41. The van der Waals surface area contributed by atoms with Crippen molar-refractivity contribution in [1.29, 1.82) is 0 Å². The molecule has 0 radical (unpaired) electrons. The lowest BCUT2D eigenvalue weighted by atomic mass is 10.1. The Hall–Kier alpha value is -3.15. The van der Waals surface area contributed by atoms with Crippen LogP contribution >= 0.6 is 0 Å². The number of carbonyl (C=O) groups excluding carboxylic acids is 1. The smallest absolute Gasteiger partial charge is 0.277 e. The van der Waals surface area contributed by atoms with Crippen LogP contribution in [0.2, 0.25) is 0 Å². The van der Waals surface area contributed by atoms with Gasteiger partial charge in [0.2, 0.25) is 0 Å². The van der Waals surface area contributed by atoms with Gasteiger partial charge in [0, 0.05) is 22.2 Å². The zero-order valence-corrected chi connectivity index (χ0v) is 13.0. The Morgan fingerprint density at radius 2 is 2.00 bits per heavy atom. The van der Waals surface area contributed by atoms with E-state index >= 15 is 0 Å². The number of benzene rings is 2. The number of nitrogens with zero attached hydrogens (tertiary/aromatic N) is 1. The summed E-state index contributed by atoms with van der Waals surface area (Å²) in [6.07, 6.45) is 1.60. The molecule has 5 nitrogen and oxygen atoms in total. The Kier molecular flexibility index (Phi) is 4.56. The molecule has 2 N–H and O–H groups in total. The van der Waals surface area contributed by atoms with Gasteiger partial charge in [0.1, 0.15) is 11.6 Å². The van der Waals surface area contributed by atoms with E-state index in [0.29, 0.717) is 5.75 Å². The lowest BCUT2D eigenvalue weighted by Crippen LogP contribution is -2.24. The van der Waals surface area contributed by atoms with E-state index in [1.807, 2.05) is 31.2 Å². The number of amides is 1. The third-order valence-electron chi connectivity index (χ3n) is 3.51. The van der Waals surface area contributed by atoms with Crippen LogP contribution in [0.1, 0.15) is 11.3 Å². The summed E-state index contributed by atoms with van der Waals surface area (Å²) < 4.78 is 18.0. The maximum atomic E-state index is 12.8. The van der Waals surface area contributed by atoms with Crippen LogP contribution in [0.3, 0.4) is 0 Å². The molecule has 0 spiro atoms. The molecule has 0 unspecified atom stereocenters. The SMILES string of the molecule is Cc1[nH]c2ccccc2c1C=NNC(=O)COc1ccc(F)cc1. The van der Waals surface area contributed by atoms with Crippen LogP contribution in [0, 0.1) is 12.7 Å². The molecule has 0 saturated heterocycles. The van der Waals surface area contributed by atoms with Crippen LogP contribution < -0.4 is 10.2 Å². The van der Waals surface area contributed by atoms with Crippen LogP contribution in [0.15, 0.2) is 53.6 Å². The number of para-hydroxylation sites is 1. The van der Waals surface area contributed by atoms with Gasteiger partial charge in [-0.05, 0) is 37.3 Å². The fraction of sp³-hybridized carbons (Fsp3) is 0.111. The van der Waals surface area contributed by atoms with Crippen LogP contribution in [0.5, 0.6) is 5.75 Å². The first-order chi connectivity index (χ1) is 11.6. The largest absolute Gasteiger partial charge is 0.484 e. The van der Waals surface area contributed by atoms with E-state index in [2.05, 4.69) is 15.5 Å². The summed E-state index contributed by atoms with van der Waals surface area (Å²) in [7, 11) is 0. The van der Waals surface area contributed by atoms with E-state index in [0.717, 1.165) is 22.2 Å². The molecule has 0 aliphatic heterocycles. The molecule has 1 heterocycles. The summed E-state index contributed by atoms with van der Waals surface area (Å²) in [5.41, 5.74) is 5.32. The molecule has 1 aromatic heterocycles. The van der Waals surface area contributed by atoms with Gasteiger partial charge in [-0.1, -0.05) is 18.2 Å². The maximum absolute atomic E-state index is 12.8. The monoisotopic (exact) mass is 325 g/mol. The van der Waals surface area contributed by atoms with Crippen molar-refractivity contribution in [3.8, 4) is 5.75 Å². The molecule has 0 bridgehead atoms. The number of carbonyl (C=O) groups is 1. The summed E-state index contributed by atoms with van der Waals surface area (Å²) in [6.45, 7) is 1.75. The van der Waals surface area contributed by atoms with Gasteiger partial charge < -0.3 is 9.72 Å². The summed E-state index contributed by atoms with van der Waals surface area (Å²) in [4.78, 5) is 15.0. The number of rotatable bonds is 5. The topological polar surface area (TPSA) is 66.5 Å². The highest BCUT2D eigenvalue weighted by atomic mass is 19.1. The number of hydrazone groups is 1. The second-order valence-corrected chi connectivity index (χ2v) is 5.25. The highest BCUT2D eigenvalue weighted by Gasteiger charge is 2.06. The third kappa shape index (κ3) is 3.60. The standard InChI is InChI=1S/C18H16FN3O2/c1-12-16(15-4-2-3-5-17(15)21-12)10-20-22-18(23)11-24-14-8-6-13(19)7-9-14/h2-10,21H,11H2,1H3,(H,22,23). The Morgan fingerprint density at radius 3 is 2.79 bits per heavy atom. The van der Waals surface area contributed by atoms with Crippen molar-refractivity contribution in [2.24, 2.45) is 5.10 Å². The number of fused-ring (bicyclic) bond motifs is 1. The van der Waals surface area contributed by atoms with Gasteiger partial charge in [-0.3, -0.25) is 4.79 Å². The third-order valence-corrected chi connectivity index (χ3v) is 3.51. The molecule has 0 saturated carbocycles. The number of aromatic nitrogens is 1. The van der Waals surface area contributed by atoms with Gasteiger partial charge in [0.25, 0.3) is 5.91 Å². The first kappa shape index (κ1) is 15.7. The molecule has 3 rings (SSSR count). The van der Waals surface area contributed by atoms with Gasteiger partial charge in [-0.25, -0.2) is 9.82 Å². The zero-order valence-electron chi connectivity index (χ0n) is 13.0. The fourth-order valence-electron chi connectivity index (χ4n) is 2.35. The molecule has 1 amide bonds. The predicted octanol–water partition coefficient (Wildman–Crippen LogP) is 3.14. The van der Waals surface area contributed by atoms with E-state index in [-0.39, 0.29) is 12.4 Å². The number of hydrogen-bond acceptors (Lipinski definition) is 3. The molecule has 6 heteroatoms. The number of ether oxygens (including phenoxy) is 1. The van der Waals surface area contributed by atoms with Gasteiger partial charge in [-0.15, -0.1) is 0 Å². The summed E-state index contributed by atoms with van der Waals surface area (Å²) in [5, 5.41) is 5.00. The van der Waals surface area contributed by atoms with E-state index in [9.17, 15) is 9.18 Å². The summed E-state index contributed by atoms with van der Waals surface area (Å²) in [6, 6.07) is 13.3. The number of aromatic amines is 1. The molecule has 0 aliphatic carbocycles. The molecular weight excluding hydrogens is 309 g/mol. The van der Waals surface area contributed by atoms with Gasteiger partial charge in [-0.2, -0.15) is 5.10 Å². The molecule has 0 fully saturated rings. The summed E-state index contributed by atoms with van der Waals surface area (Å²) in [5.74, 6) is -0.332. The average Bonchev–Trinajstić information content (AvgIpc) is 2.90. The molecule has 24 heavy (non-hydrogen) atoms. The number of nitrogens with one attached hydrogen (secondary N) is 2. The van der Waals surface area contributed by atoms with Crippen molar-refractivity contribution in [1.82, 2.24) is 10.4 Å². The number of halogens is 1. The number of hydrogen-bond donors (Lipinski definition) is 2. The molecular formula is C18H16FN3O2. The minimum atomic E-state index is -0.395. The zero-order chi connectivity index (χ0) is 16.9. The molecule has 122 valence electrons.